The molecule has 2 aliphatic rings. The summed E-state index contributed by atoms with van der Waals surface area (Å²) in [5.41, 5.74) is 0.397. The van der Waals surface area contributed by atoms with E-state index in [0.29, 0.717) is 25.1 Å². The van der Waals surface area contributed by atoms with Crippen LogP contribution in [0.3, 0.4) is 0 Å². The first-order valence-electron chi connectivity index (χ1n) is 6.87. The molecule has 2 amide bonds. The Bertz CT molecular complexity index is 598. The number of hydrogen-bond donors (Lipinski definition) is 1. The van der Waals surface area contributed by atoms with Crippen molar-refractivity contribution in [3.05, 3.63) is 28.0 Å². The summed E-state index contributed by atoms with van der Waals surface area (Å²) >= 11 is 11.7. The van der Waals surface area contributed by atoms with E-state index in [1.165, 1.54) is 0 Å². The van der Waals surface area contributed by atoms with E-state index in [-0.39, 0.29) is 27.5 Å². The summed E-state index contributed by atoms with van der Waals surface area (Å²) < 4.78 is 0. The quantitative estimate of drug-likeness (QED) is 0.804. The summed E-state index contributed by atoms with van der Waals surface area (Å²) in [5.74, 6) is -0.0176. The van der Waals surface area contributed by atoms with E-state index in [0.717, 1.165) is 19.4 Å². The molecule has 0 unspecified atom stereocenters. The molecule has 0 atom stereocenters. The number of pyridine rings is 1. The Labute approximate surface area is 132 Å². The van der Waals surface area contributed by atoms with E-state index < -0.39 is 0 Å². The third-order valence-electron chi connectivity index (χ3n) is 4.35. The topological polar surface area (TPSA) is 62.3 Å². The number of aromatic nitrogens is 1. The van der Waals surface area contributed by atoms with Crippen molar-refractivity contribution < 1.29 is 9.59 Å². The monoisotopic (exact) mass is 327 g/mol. The number of piperidine rings is 1. The predicted molar refractivity (Wildman–Crippen MR) is 79.5 cm³/mol. The molecule has 0 saturated carbocycles. The van der Waals surface area contributed by atoms with Gasteiger partial charge in [0.05, 0.1) is 5.56 Å². The van der Waals surface area contributed by atoms with Gasteiger partial charge in [0.1, 0.15) is 10.3 Å². The fourth-order valence-electron chi connectivity index (χ4n) is 3.03. The largest absolute Gasteiger partial charge is 0.356 e. The summed E-state index contributed by atoms with van der Waals surface area (Å²) in [6, 6.07) is 3.16. The Morgan fingerprint density at radius 1 is 1.29 bits per heavy atom. The van der Waals surface area contributed by atoms with Crippen LogP contribution in [-0.2, 0) is 4.79 Å². The van der Waals surface area contributed by atoms with E-state index in [1.807, 2.05) is 0 Å². The maximum Gasteiger partial charge on any atom is 0.256 e. The average molecular weight is 328 g/mol. The molecule has 3 heterocycles. The molecule has 0 aromatic carbocycles. The van der Waals surface area contributed by atoms with Gasteiger partial charge in [-0.1, -0.05) is 23.2 Å². The highest BCUT2D eigenvalue weighted by molar-refractivity contribution is 6.34. The number of nitrogens with one attached hydrogen (secondary N) is 1. The minimum Gasteiger partial charge on any atom is -0.356 e. The first-order valence-corrected chi connectivity index (χ1v) is 7.63. The second kappa shape index (κ2) is 5.46. The van der Waals surface area contributed by atoms with Crippen molar-refractivity contribution >= 4 is 35.0 Å². The minimum absolute atomic E-state index is 0.0237. The van der Waals surface area contributed by atoms with Crippen LogP contribution < -0.4 is 5.32 Å². The lowest BCUT2D eigenvalue weighted by atomic mass is 9.77. The molecule has 1 aromatic heterocycles. The normalized spacial score (nSPS) is 20.7. The second-order valence-corrected chi connectivity index (χ2v) is 6.46. The lowest BCUT2D eigenvalue weighted by Crippen LogP contribution is -2.44. The van der Waals surface area contributed by atoms with Crippen molar-refractivity contribution in [3.63, 3.8) is 0 Å². The van der Waals surface area contributed by atoms with Crippen LogP contribution in [0.15, 0.2) is 12.1 Å². The van der Waals surface area contributed by atoms with Crippen molar-refractivity contribution in [1.82, 2.24) is 15.2 Å². The van der Waals surface area contributed by atoms with Gasteiger partial charge < -0.3 is 10.2 Å². The Balaban J connectivity index is 1.69. The maximum atomic E-state index is 12.5. The average Bonchev–Trinajstić information content (AvgIpc) is 2.80. The summed E-state index contributed by atoms with van der Waals surface area (Å²) in [7, 11) is 0. The number of halogens is 2. The Kier molecular flexibility index (Phi) is 3.80. The molecule has 2 saturated heterocycles. The highest BCUT2D eigenvalue weighted by Gasteiger charge is 2.41. The van der Waals surface area contributed by atoms with Crippen LogP contribution in [0.5, 0.6) is 0 Å². The number of rotatable bonds is 1. The predicted octanol–water partition coefficient (Wildman–Crippen LogP) is 2.13. The van der Waals surface area contributed by atoms with Gasteiger partial charge in [0.2, 0.25) is 5.91 Å². The Morgan fingerprint density at radius 3 is 2.57 bits per heavy atom. The van der Waals surface area contributed by atoms with Crippen molar-refractivity contribution in [2.24, 2.45) is 5.41 Å². The molecule has 0 radical (unpaired) electrons. The fraction of sp³-hybridized carbons (Fsp3) is 0.500. The van der Waals surface area contributed by atoms with E-state index in [1.54, 1.807) is 17.0 Å². The van der Waals surface area contributed by atoms with E-state index >= 15 is 0 Å². The Morgan fingerprint density at radius 2 is 2.00 bits per heavy atom. The van der Waals surface area contributed by atoms with Crippen LogP contribution in [0.2, 0.25) is 10.3 Å². The molecular formula is C14H15Cl2N3O2. The zero-order chi connectivity index (χ0) is 15.0. The van der Waals surface area contributed by atoms with Crippen LogP contribution in [0.1, 0.15) is 29.6 Å². The van der Waals surface area contributed by atoms with Crippen LogP contribution in [0.4, 0.5) is 0 Å². The zero-order valence-corrected chi connectivity index (χ0v) is 12.9. The number of amides is 2. The first-order chi connectivity index (χ1) is 9.99. The van der Waals surface area contributed by atoms with Gasteiger partial charge in [0.15, 0.2) is 0 Å². The molecule has 112 valence electrons. The van der Waals surface area contributed by atoms with Gasteiger partial charge in [0, 0.05) is 26.1 Å². The van der Waals surface area contributed by atoms with Crippen molar-refractivity contribution in [2.75, 3.05) is 19.6 Å². The van der Waals surface area contributed by atoms with Gasteiger partial charge in [-0.3, -0.25) is 9.59 Å². The van der Waals surface area contributed by atoms with Crippen molar-refractivity contribution in [3.8, 4) is 0 Å². The molecule has 5 nitrogen and oxygen atoms in total. The second-order valence-electron chi connectivity index (χ2n) is 5.72. The molecule has 0 aliphatic carbocycles. The third kappa shape index (κ3) is 2.85. The first kappa shape index (κ1) is 14.6. The molecule has 1 spiro atoms. The van der Waals surface area contributed by atoms with Crippen LogP contribution in [0, 0.1) is 5.41 Å². The fourth-order valence-corrected chi connectivity index (χ4v) is 3.46. The molecule has 0 bridgehead atoms. The molecule has 2 fully saturated rings. The van der Waals surface area contributed by atoms with Crippen molar-refractivity contribution in [2.45, 2.75) is 19.3 Å². The van der Waals surface area contributed by atoms with Gasteiger partial charge in [-0.2, -0.15) is 0 Å². The molecule has 1 N–H and O–H groups in total. The Hall–Kier alpha value is -1.33. The summed E-state index contributed by atoms with van der Waals surface area (Å²) in [6.07, 6.45) is 2.23. The van der Waals surface area contributed by atoms with Gasteiger partial charge >= 0.3 is 0 Å². The SMILES string of the molecule is O=C1CC2(CCN(C(=O)c3ccc(Cl)nc3Cl)CC2)CN1. The van der Waals surface area contributed by atoms with Crippen molar-refractivity contribution in [1.29, 1.82) is 0 Å². The van der Waals surface area contributed by atoms with Crippen LogP contribution in [0.25, 0.3) is 0 Å². The number of likely N-dealkylation sites (tertiary alicyclic amines) is 1. The van der Waals surface area contributed by atoms with E-state index in [2.05, 4.69) is 10.3 Å². The standard InChI is InChI=1S/C14H15Cl2N3O2/c15-10-2-1-9(12(16)18-10)13(21)19-5-3-14(4-6-19)7-11(20)17-8-14/h1-2H,3-8H2,(H,17,20). The van der Waals surface area contributed by atoms with E-state index in [9.17, 15) is 9.59 Å². The summed E-state index contributed by atoms with van der Waals surface area (Å²) in [6.45, 7) is 1.98. The molecular weight excluding hydrogens is 313 g/mol. The van der Waals surface area contributed by atoms with Gasteiger partial charge in [0.25, 0.3) is 5.91 Å². The minimum atomic E-state index is -0.128. The lowest BCUT2D eigenvalue weighted by Gasteiger charge is -2.38. The zero-order valence-electron chi connectivity index (χ0n) is 11.4. The summed E-state index contributed by atoms with van der Waals surface area (Å²) in [4.78, 5) is 29.5. The highest BCUT2D eigenvalue weighted by Crippen LogP contribution is 2.37. The lowest BCUT2D eigenvalue weighted by molar-refractivity contribution is -0.119. The number of hydrogen-bond acceptors (Lipinski definition) is 3. The highest BCUT2D eigenvalue weighted by atomic mass is 35.5. The molecule has 2 aliphatic heterocycles. The summed E-state index contributed by atoms with van der Waals surface area (Å²) in [5, 5.41) is 3.28. The molecule has 3 rings (SSSR count). The van der Waals surface area contributed by atoms with E-state index in [4.69, 9.17) is 23.2 Å². The molecule has 1 aromatic rings. The smallest absolute Gasteiger partial charge is 0.256 e. The van der Waals surface area contributed by atoms with Gasteiger partial charge in [-0.05, 0) is 30.4 Å². The van der Waals surface area contributed by atoms with Crippen LogP contribution >= 0.6 is 23.2 Å². The van der Waals surface area contributed by atoms with Gasteiger partial charge in [-0.15, -0.1) is 0 Å². The number of carbonyl (C=O) groups excluding carboxylic acids is 2. The van der Waals surface area contributed by atoms with Crippen LogP contribution in [-0.4, -0.2) is 41.3 Å². The molecule has 21 heavy (non-hydrogen) atoms. The number of nitrogens with zero attached hydrogens (tertiary/aromatic N) is 2. The maximum absolute atomic E-state index is 12.5. The molecule has 7 heteroatoms. The third-order valence-corrected chi connectivity index (χ3v) is 4.85. The number of carbonyl (C=O) groups is 2. The van der Waals surface area contributed by atoms with Gasteiger partial charge in [-0.25, -0.2) is 4.98 Å².